The molecular weight excluding hydrogens is 192 g/mol. The SMILES string of the molecule is NCc1c(C(F)F)ncc(N)c1C=O. The van der Waals surface area contributed by atoms with E-state index in [0.717, 1.165) is 6.20 Å². The minimum atomic E-state index is -2.76. The van der Waals surface area contributed by atoms with Gasteiger partial charge < -0.3 is 11.5 Å². The molecule has 1 aromatic rings. The van der Waals surface area contributed by atoms with Gasteiger partial charge in [-0.05, 0) is 0 Å². The predicted octanol–water partition coefficient (Wildman–Crippen LogP) is 0.873. The minimum Gasteiger partial charge on any atom is -0.397 e. The second-order valence-electron chi connectivity index (χ2n) is 2.61. The summed E-state index contributed by atoms with van der Waals surface area (Å²) in [4.78, 5) is 14.0. The molecule has 0 aliphatic carbocycles. The average molecular weight is 201 g/mol. The normalized spacial score (nSPS) is 10.6. The number of hydrogen-bond donors (Lipinski definition) is 2. The molecule has 0 spiro atoms. The van der Waals surface area contributed by atoms with Crippen LogP contribution in [0.2, 0.25) is 0 Å². The standard InChI is InChI=1S/C8H9F2N3O/c9-8(10)7-4(1-11)5(3-14)6(12)2-13-7/h2-3,8H,1,11-12H2. The van der Waals surface area contributed by atoms with Gasteiger partial charge in [0.25, 0.3) is 6.43 Å². The van der Waals surface area contributed by atoms with E-state index < -0.39 is 12.1 Å². The van der Waals surface area contributed by atoms with E-state index in [-0.39, 0.29) is 23.4 Å². The molecule has 0 aliphatic rings. The van der Waals surface area contributed by atoms with Crippen LogP contribution in [0.1, 0.15) is 28.0 Å². The summed E-state index contributed by atoms with van der Waals surface area (Å²) in [6, 6.07) is 0. The second-order valence-corrected chi connectivity index (χ2v) is 2.61. The summed E-state index contributed by atoms with van der Waals surface area (Å²) in [7, 11) is 0. The third kappa shape index (κ3) is 1.69. The summed E-state index contributed by atoms with van der Waals surface area (Å²) >= 11 is 0. The number of pyridine rings is 1. The molecule has 0 saturated heterocycles. The largest absolute Gasteiger partial charge is 0.397 e. The molecule has 4 N–H and O–H groups in total. The van der Waals surface area contributed by atoms with E-state index in [4.69, 9.17) is 11.5 Å². The Balaban J connectivity index is 3.40. The molecule has 0 radical (unpaired) electrons. The highest BCUT2D eigenvalue weighted by Gasteiger charge is 2.18. The van der Waals surface area contributed by atoms with Crippen molar-refractivity contribution in [2.24, 2.45) is 5.73 Å². The van der Waals surface area contributed by atoms with Crippen molar-refractivity contribution in [2.45, 2.75) is 13.0 Å². The number of nitrogens with two attached hydrogens (primary N) is 2. The fourth-order valence-corrected chi connectivity index (χ4v) is 1.14. The van der Waals surface area contributed by atoms with Crippen molar-refractivity contribution in [1.29, 1.82) is 0 Å². The molecule has 14 heavy (non-hydrogen) atoms. The number of anilines is 1. The molecule has 1 aromatic heterocycles. The fourth-order valence-electron chi connectivity index (χ4n) is 1.14. The zero-order chi connectivity index (χ0) is 10.7. The molecule has 0 atom stereocenters. The van der Waals surface area contributed by atoms with Crippen molar-refractivity contribution >= 4 is 12.0 Å². The zero-order valence-corrected chi connectivity index (χ0v) is 7.21. The highest BCUT2D eigenvalue weighted by Crippen LogP contribution is 2.25. The number of nitrogen functional groups attached to an aromatic ring is 1. The van der Waals surface area contributed by atoms with Crippen LogP contribution < -0.4 is 11.5 Å². The lowest BCUT2D eigenvalue weighted by Crippen LogP contribution is -2.10. The Bertz CT molecular complexity index is 355. The summed E-state index contributed by atoms with van der Waals surface area (Å²) < 4.78 is 24.8. The maximum atomic E-state index is 12.4. The molecule has 4 nitrogen and oxygen atoms in total. The number of carbonyl (C=O) groups is 1. The summed E-state index contributed by atoms with van der Waals surface area (Å²) in [6.07, 6.45) is -1.32. The van der Waals surface area contributed by atoms with Gasteiger partial charge in [-0.15, -0.1) is 0 Å². The Kier molecular flexibility index (Phi) is 3.08. The first kappa shape index (κ1) is 10.5. The highest BCUT2D eigenvalue weighted by atomic mass is 19.3. The van der Waals surface area contributed by atoms with Crippen LogP contribution in [0.25, 0.3) is 0 Å². The number of alkyl halides is 2. The Morgan fingerprint density at radius 3 is 2.64 bits per heavy atom. The lowest BCUT2D eigenvalue weighted by Gasteiger charge is -2.09. The molecule has 0 aliphatic heterocycles. The van der Waals surface area contributed by atoms with Gasteiger partial charge in [-0.1, -0.05) is 0 Å². The molecule has 6 heteroatoms. The van der Waals surface area contributed by atoms with Gasteiger partial charge in [-0.25, -0.2) is 8.78 Å². The van der Waals surface area contributed by atoms with Gasteiger partial charge >= 0.3 is 0 Å². The number of aldehydes is 1. The number of carbonyl (C=O) groups excluding carboxylic acids is 1. The van der Waals surface area contributed by atoms with Gasteiger partial charge in [-0.3, -0.25) is 9.78 Å². The maximum Gasteiger partial charge on any atom is 0.280 e. The number of hydrogen-bond acceptors (Lipinski definition) is 4. The number of aromatic nitrogens is 1. The van der Waals surface area contributed by atoms with Crippen LogP contribution in [0.4, 0.5) is 14.5 Å². The number of halogens is 2. The first-order valence-electron chi connectivity index (χ1n) is 3.82. The summed E-state index contributed by atoms with van der Waals surface area (Å²) in [5.74, 6) is 0. The predicted molar refractivity (Wildman–Crippen MR) is 46.9 cm³/mol. The van der Waals surface area contributed by atoms with Crippen molar-refractivity contribution < 1.29 is 13.6 Å². The zero-order valence-electron chi connectivity index (χ0n) is 7.21. The lowest BCUT2D eigenvalue weighted by molar-refractivity contribution is 0.112. The molecular formula is C8H9F2N3O. The Morgan fingerprint density at radius 1 is 1.57 bits per heavy atom. The number of nitrogens with zero attached hydrogens (tertiary/aromatic N) is 1. The Hall–Kier alpha value is -1.56. The van der Waals surface area contributed by atoms with E-state index >= 15 is 0 Å². The van der Waals surface area contributed by atoms with E-state index in [1.807, 2.05) is 0 Å². The van der Waals surface area contributed by atoms with Crippen molar-refractivity contribution in [2.75, 3.05) is 5.73 Å². The van der Waals surface area contributed by atoms with Crippen LogP contribution in [-0.4, -0.2) is 11.3 Å². The van der Waals surface area contributed by atoms with Crippen molar-refractivity contribution in [1.82, 2.24) is 4.98 Å². The Labute approximate surface area is 78.9 Å². The van der Waals surface area contributed by atoms with Gasteiger partial charge in [0.2, 0.25) is 0 Å². The van der Waals surface area contributed by atoms with Gasteiger partial charge in [0, 0.05) is 17.7 Å². The van der Waals surface area contributed by atoms with E-state index in [1.54, 1.807) is 0 Å². The van der Waals surface area contributed by atoms with Gasteiger partial charge in [0.05, 0.1) is 11.9 Å². The van der Waals surface area contributed by atoms with Crippen LogP contribution in [0.15, 0.2) is 6.20 Å². The average Bonchev–Trinajstić information content (AvgIpc) is 2.16. The third-order valence-electron chi connectivity index (χ3n) is 1.82. The van der Waals surface area contributed by atoms with Crippen LogP contribution in [0, 0.1) is 0 Å². The molecule has 0 fully saturated rings. The molecule has 0 bridgehead atoms. The van der Waals surface area contributed by atoms with Crippen LogP contribution in [-0.2, 0) is 6.54 Å². The van der Waals surface area contributed by atoms with Crippen molar-refractivity contribution in [3.63, 3.8) is 0 Å². The minimum absolute atomic E-state index is 0.00204. The highest BCUT2D eigenvalue weighted by molar-refractivity contribution is 5.85. The van der Waals surface area contributed by atoms with E-state index in [0.29, 0.717) is 6.29 Å². The van der Waals surface area contributed by atoms with E-state index in [2.05, 4.69) is 4.98 Å². The first-order chi connectivity index (χ1) is 6.61. The molecule has 1 rings (SSSR count). The molecule has 0 saturated carbocycles. The van der Waals surface area contributed by atoms with E-state index in [1.165, 1.54) is 0 Å². The molecule has 0 amide bonds. The topological polar surface area (TPSA) is 82.0 Å². The van der Waals surface area contributed by atoms with Crippen molar-refractivity contribution in [3.8, 4) is 0 Å². The smallest absolute Gasteiger partial charge is 0.280 e. The summed E-state index contributed by atoms with van der Waals surface area (Å²) in [5, 5.41) is 0. The van der Waals surface area contributed by atoms with E-state index in [9.17, 15) is 13.6 Å². The molecule has 76 valence electrons. The molecule has 0 unspecified atom stereocenters. The maximum absolute atomic E-state index is 12.4. The third-order valence-corrected chi connectivity index (χ3v) is 1.82. The molecule has 0 aromatic carbocycles. The first-order valence-corrected chi connectivity index (χ1v) is 3.82. The Morgan fingerprint density at radius 2 is 2.21 bits per heavy atom. The van der Waals surface area contributed by atoms with Crippen LogP contribution in [0.3, 0.4) is 0 Å². The van der Waals surface area contributed by atoms with Gasteiger partial charge in [-0.2, -0.15) is 0 Å². The van der Waals surface area contributed by atoms with Gasteiger partial charge in [0.1, 0.15) is 5.69 Å². The fraction of sp³-hybridized carbons (Fsp3) is 0.250. The quantitative estimate of drug-likeness (QED) is 0.711. The van der Waals surface area contributed by atoms with Crippen LogP contribution >= 0.6 is 0 Å². The lowest BCUT2D eigenvalue weighted by atomic mass is 10.1. The summed E-state index contributed by atoms with van der Waals surface area (Å²) in [5.41, 5.74) is 10.2. The summed E-state index contributed by atoms with van der Waals surface area (Å²) in [6.45, 7) is -0.189. The van der Waals surface area contributed by atoms with Crippen LogP contribution in [0.5, 0.6) is 0 Å². The monoisotopic (exact) mass is 201 g/mol. The van der Waals surface area contributed by atoms with Crippen molar-refractivity contribution in [3.05, 3.63) is 23.0 Å². The molecule has 1 heterocycles. The second kappa shape index (κ2) is 4.10. The van der Waals surface area contributed by atoms with Gasteiger partial charge in [0.15, 0.2) is 6.29 Å². The number of rotatable bonds is 3.